The highest BCUT2D eigenvalue weighted by atomic mass is 16.6. The number of hydrogen-bond acceptors (Lipinski definition) is 6. The molecule has 1 saturated heterocycles. The monoisotopic (exact) mass is 295 g/mol. The Balaban J connectivity index is 2.45. The summed E-state index contributed by atoms with van der Waals surface area (Å²) in [6.45, 7) is 0.512. The summed E-state index contributed by atoms with van der Waals surface area (Å²) < 4.78 is 0. The molecule has 1 unspecified atom stereocenters. The van der Waals surface area contributed by atoms with Crippen LogP contribution in [0.3, 0.4) is 0 Å². The van der Waals surface area contributed by atoms with Gasteiger partial charge in [-0.1, -0.05) is 12.8 Å². The van der Waals surface area contributed by atoms with Gasteiger partial charge in [0.15, 0.2) is 0 Å². The van der Waals surface area contributed by atoms with E-state index in [-0.39, 0.29) is 24.0 Å². The van der Waals surface area contributed by atoms with Gasteiger partial charge in [0.05, 0.1) is 28.6 Å². The summed E-state index contributed by atoms with van der Waals surface area (Å²) in [6, 6.07) is 3.47. The second-order valence-corrected chi connectivity index (χ2v) is 5.07. The third kappa shape index (κ3) is 3.27. The fourth-order valence-electron chi connectivity index (χ4n) is 2.70. The molecule has 0 aliphatic carbocycles. The van der Waals surface area contributed by atoms with Crippen LogP contribution < -0.4 is 4.90 Å². The zero-order valence-corrected chi connectivity index (χ0v) is 11.5. The summed E-state index contributed by atoms with van der Waals surface area (Å²) in [6.07, 6.45) is 3.60. The van der Waals surface area contributed by atoms with E-state index in [0.717, 1.165) is 31.7 Å². The maximum atomic E-state index is 11.2. The molecule has 2 rings (SSSR count). The maximum Gasteiger partial charge on any atom is 0.299 e. The number of hydrogen-bond donors (Lipinski definition) is 1. The molecule has 1 N–H and O–H groups in total. The van der Waals surface area contributed by atoms with Gasteiger partial charge in [0, 0.05) is 12.6 Å². The number of rotatable bonds is 4. The first-order chi connectivity index (χ1) is 10.0. The zero-order chi connectivity index (χ0) is 15.4. The molecule has 0 amide bonds. The molecule has 0 bridgehead atoms. The van der Waals surface area contributed by atoms with Crippen molar-refractivity contribution in [3.63, 3.8) is 0 Å². The van der Waals surface area contributed by atoms with Gasteiger partial charge < -0.3 is 10.0 Å². The van der Waals surface area contributed by atoms with Gasteiger partial charge in [0.2, 0.25) is 0 Å². The first-order valence-corrected chi connectivity index (χ1v) is 6.85. The smallest absolute Gasteiger partial charge is 0.299 e. The Morgan fingerprint density at radius 2 is 1.95 bits per heavy atom. The van der Waals surface area contributed by atoms with Crippen molar-refractivity contribution >= 4 is 17.1 Å². The van der Waals surface area contributed by atoms with E-state index in [1.54, 1.807) is 4.90 Å². The van der Waals surface area contributed by atoms with E-state index >= 15 is 0 Å². The molecule has 1 aliphatic heterocycles. The van der Waals surface area contributed by atoms with Crippen molar-refractivity contribution in [2.45, 2.75) is 31.7 Å². The van der Waals surface area contributed by atoms with Gasteiger partial charge >= 0.3 is 0 Å². The molecule has 1 aromatic carbocycles. The molecule has 1 aromatic rings. The van der Waals surface area contributed by atoms with Crippen molar-refractivity contribution in [3.05, 3.63) is 38.4 Å². The molecule has 0 spiro atoms. The molecule has 0 aromatic heterocycles. The highest BCUT2D eigenvalue weighted by Gasteiger charge is 2.28. The largest absolute Gasteiger partial charge is 0.394 e. The third-order valence-electron chi connectivity index (χ3n) is 3.76. The number of anilines is 1. The van der Waals surface area contributed by atoms with Gasteiger partial charge in [-0.2, -0.15) is 0 Å². The third-order valence-corrected chi connectivity index (χ3v) is 3.76. The number of aliphatic hydroxyl groups is 1. The fourth-order valence-corrected chi connectivity index (χ4v) is 2.70. The summed E-state index contributed by atoms with van der Waals surface area (Å²) in [5.41, 5.74) is -0.253. The number of non-ortho nitro benzene ring substituents is 1. The lowest BCUT2D eigenvalue weighted by molar-refractivity contribution is -0.393. The van der Waals surface area contributed by atoms with Crippen LogP contribution >= 0.6 is 0 Å². The standard InChI is InChI=1S/C13H17N3O5/c17-9-11-4-2-1-3-7-14(11)12-6-5-10(15(18)19)8-13(12)16(20)21/h5-6,8,11,17H,1-4,7,9H2. The number of aliphatic hydroxyl groups excluding tert-OH is 1. The van der Waals surface area contributed by atoms with Crippen LogP contribution in [-0.4, -0.2) is 34.1 Å². The van der Waals surface area contributed by atoms with Crippen molar-refractivity contribution in [1.82, 2.24) is 0 Å². The minimum Gasteiger partial charge on any atom is -0.394 e. The summed E-state index contributed by atoms with van der Waals surface area (Å²) in [4.78, 5) is 22.5. The van der Waals surface area contributed by atoms with Crippen molar-refractivity contribution in [2.24, 2.45) is 0 Å². The first-order valence-electron chi connectivity index (χ1n) is 6.85. The summed E-state index contributed by atoms with van der Waals surface area (Å²) in [7, 11) is 0. The van der Waals surface area contributed by atoms with Crippen LogP contribution in [0, 0.1) is 20.2 Å². The second-order valence-electron chi connectivity index (χ2n) is 5.07. The SMILES string of the molecule is O=[N+]([O-])c1ccc(N2CCCCCC2CO)c([N+](=O)[O-])c1. The molecule has 114 valence electrons. The van der Waals surface area contributed by atoms with Crippen LogP contribution in [0.1, 0.15) is 25.7 Å². The molecular weight excluding hydrogens is 278 g/mol. The fraction of sp³-hybridized carbons (Fsp3) is 0.538. The van der Waals surface area contributed by atoms with Crippen molar-refractivity contribution < 1.29 is 15.0 Å². The minimum absolute atomic E-state index is 0.0891. The summed E-state index contributed by atoms with van der Waals surface area (Å²) in [5, 5.41) is 31.5. The average Bonchev–Trinajstić information content (AvgIpc) is 2.71. The Morgan fingerprint density at radius 1 is 1.19 bits per heavy atom. The maximum absolute atomic E-state index is 11.2. The van der Waals surface area contributed by atoms with E-state index in [2.05, 4.69) is 0 Å². The van der Waals surface area contributed by atoms with E-state index < -0.39 is 9.85 Å². The number of nitrogens with zero attached hydrogens (tertiary/aromatic N) is 3. The van der Waals surface area contributed by atoms with E-state index in [0.29, 0.717) is 12.2 Å². The van der Waals surface area contributed by atoms with Gasteiger partial charge in [-0.3, -0.25) is 20.2 Å². The van der Waals surface area contributed by atoms with Crippen LogP contribution in [0.4, 0.5) is 17.1 Å². The zero-order valence-electron chi connectivity index (χ0n) is 11.5. The predicted octanol–water partition coefficient (Wildman–Crippen LogP) is 2.24. The normalized spacial score (nSPS) is 19.1. The van der Waals surface area contributed by atoms with Crippen LogP contribution in [0.25, 0.3) is 0 Å². The molecule has 0 radical (unpaired) electrons. The second kappa shape index (κ2) is 6.49. The predicted molar refractivity (Wildman–Crippen MR) is 76.4 cm³/mol. The van der Waals surface area contributed by atoms with Gasteiger partial charge in [0.25, 0.3) is 11.4 Å². The molecular formula is C13H17N3O5. The molecule has 1 atom stereocenters. The van der Waals surface area contributed by atoms with Crippen molar-refractivity contribution in [1.29, 1.82) is 0 Å². The Kier molecular flexibility index (Phi) is 4.69. The van der Waals surface area contributed by atoms with Gasteiger partial charge in [-0.25, -0.2) is 0 Å². The van der Waals surface area contributed by atoms with E-state index in [1.807, 2.05) is 0 Å². The van der Waals surface area contributed by atoms with Crippen LogP contribution in [0.5, 0.6) is 0 Å². The lowest BCUT2D eigenvalue weighted by Gasteiger charge is -2.30. The van der Waals surface area contributed by atoms with Crippen LogP contribution in [-0.2, 0) is 0 Å². The Bertz CT molecular complexity index is 549. The molecule has 8 nitrogen and oxygen atoms in total. The summed E-state index contributed by atoms with van der Waals surface area (Å²) in [5.74, 6) is 0. The molecule has 1 aliphatic rings. The van der Waals surface area contributed by atoms with Gasteiger partial charge in [-0.05, 0) is 18.9 Å². The molecule has 0 saturated carbocycles. The number of nitro groups is 2. The van der Waals surface area contributed by atoms with E-state index in [9.17, 15) is 25.3 Å². The Labute approximate surface area is 121 Å². The van der Waals surface area contributed by atoms with Crippen LogP contribution in [0.2, 0.25) is 0 Å². The highest BCUT2D eigenvalue weighted by Crippen LogP contribution is 2.35. The molecule has 8 heteroatoms. The Hall–Kier alpha value is -2.22. The molecule has 1 heterocycles. The van der Waals surface area contributed by atoms with Gasteiger partial charge in [-0.15, -0.1) is 0 Å². The summed E-state index contributed by atoms with van der Waals surface area (Å²) >= 11 is 0. The Morgan fingerprint density at radius 3 is 2.57 bits per heavy atom. The topological polar surface area (TPSA) is 110 Å². The molecule has 1 fully saturated rings. The molecule has 21 heavy (non-hydrogen) atoms. The lowest BCUT2D eigenvalue weighted by atomic mass is 10.1. The quantitative estimate of drug-likeness (QED) is 0.673. The van der Waals surface area contributed by atoms with Crippen LogP contribution in [0.15, 0.2) is 18.2 Å². The van der Waals surface area contributed by atoms with Gasteiger partial charge in [0.1, 0.15) is 5.69 Å². The van der Waals surface area contributed by atoms with E-state index in [4.69, 9.17) is 0 Å². The number of nitro benzene ring substituents is 2. The lowest BCUT2D eigenvalue weighted by Crippen LogP contribution is -2.37. The minimum atomic E-state index is -0.650. The van der Waals surface area contributed by atoms with E-state index in [1.165, 1.54) is 12.1 Å². The number of benzene rings is 1. The van der Waals surface area contributed by atoms with Crippen molar-refractivity contribution in [3.8, 4) is 0 Å². The van der Waals surface area contributed by atoms with Crippen molar-refractivity contribution in [2.75, 3.05) is 18.1 Å². The highest BCUT2D eigenvalue weighted by molar-refractivity contribution is 5.67. The average molecular weight is 295 g/mol. The first kappa shape index (κ1) is 15.2.